The van der Waals surface area contributed by atoms with Crippen LogP contribution >= 0.6 is 0 Å². The summed E-state index contributed by atoms with van der Waals surface area (Å²) in [5.74, 6) is -2.11. The van der Waals surface area contributed by atoms with E-state index in [9.17, 15) is 41.0 Å². The number of hydrogen-bond donors (Lipinski definition) is 1. The summed E-state index contributed by atoms with van der Waals surface area (Å²) in [6, 6.07) is 13.9. The van der Waals surface area contributed by atoms with Crippen LogP contribution in [-0.4, -0.2) is 56.5 Å². The standard InChI is InChI=1S/C32H28F6N4O5/c1-2-46-30(45)41-14-12-21(13-15-41)20-8-6-19(7-9-20)18-47-26-11-10-22(31(33,34)35)16-23(26)25-4-3-5-27(40-25)42-28(32(36,37)38)24(17-39-42)29(43)44/h3-11,16-17,21H,2,12-15,18H2,1H3,(H,43,44). The largest absolute Gasteiger partial charge is 0.488 e. The summed E-state index contributed by atoms with van der Waals surface area (Å²) >= 11 is 0. The molecule has 0 aliphatic carbocycles. The molecule has 0 bridgehead atoms. The lowest BCUT2D eigenvalue weighted by atomic mass is 9.89. The highest BCUT2D eigenvalue weighted by Crippen LogP contribution is 2.38. The zero-order chi connectivity index (χ0) is 33.9. The van der Waals surface area contributed by atoms with Gasteiger partial charge in [0.25, 0.3) is 0 Å². The van der Waals surface area contributed by atoms with Gasteiger partial charge in [-0.15, -0.1) is 0 Å². The van der Waals surface area contributed by atoms with Crippen molar-refractivity contribution >= 4 is 12.1 Å². The Morgan fingerprint density at radius 3 is 2.28 bits per heavy atom. The smallest absolute Gasteiger partial charge is 0.434 e. The lowest BCUT2D eigenvalue weighted by Crippen LogP contribution is -2.38. The molecule has 0 saturated carbocycles. The monoisotopic (exact) mass is 662 g/mol. The average Bonchev–Trinajstić information content (AvgIpc) is 3.51. The van der Waals surface area contributed by atoms with Crippen molar-refractivity contribution in [1.29, 1.82) is 0 Å². The summed E-state index contributed by atoms with van der Waals surface area (Å²) in [5, 5.41) is 12.8. The van der Waals surface area contributed by atoms with Crippen molar-refractivity contribution in [3.05, 3.63) is 94.8 Å². The van der Waals surface area contributed by atoms with Gasteiger partial charge in [0.15, 0.2) is 11.5 Å². The number of carboxylic acids is 1. The molecule has 0 unspecified atom stereocenters. The summed E-state index contributed by atoms with van der Waals surface area (Å²) in [6.45, 7) is 3.15. The topological polar surface area (TPSA) is 107 Å². The average molecular weight is 663 g/mol. The minimum absolute atomic E-state index is 0.0131. The number of hydrogen-bond acceptors (Lipinski definition) is 6. The highest BCUT2D eigenvalue weighted by Gasteiger charge is 2.41. The van der Waals surface area contributed by atoms with Gasteiger partial charge < -0.3 is 19.5 Å². The summed E-state index contributed by atoms with van der Waals surface area (Å²) < 4.78 is 93.7. The fourth-order valence-corrected chi connectivity index (χ4v) is 5.33. The van der Waals surface area contributed by atoms with E-state index in [0.29, 0.717) is 31.5 Å². The number of amides is 1. The van der Waals surface area contributed by atoms with Crippen molar-refractivity contribution < 1.29 is 50.5 Å². The molecule has 1 saturated heterocycles. The molecule has 5 rings (SSSR count). The van der Waals surface area contributed by atoms with E-state index in [0.717, 1.165) is 42.7 Å². The number of halogens is 6. The molecule has 15 heteroatoms. The molecule has 1 fully saturated rings. The number of carboxylic acid groups (broad SMARTS) is 1. The molecule has 4 aromatic rings. The van der Waals surface area contributed by atoms with Crippen LogP contribution in [0.15, 0.2) is 66.9 Å². The number of rotatable bonds is 8. The highest BCUT2D eigenvalue weighted by molar-refractivity contribution is 5.89. The first-order chi connectivity index (χ1) is 22.3. The number of piperidine rings is 1. The van der Waals surface area contributed by atoms with Gasteiger partial charge in [0, 0.05) is 18.7 Å². The summed E-state index contributed by atoms with van der Waals surface area (Å²) in [4.78, 5) is 29.2. The Morgan fingerprint density at radius 2 is 1.66 bits per heavy atom. The van der Waals surface area contributed by atoms with E-state index >= 15 is 0 Å². The maximum absolute atomic E-state index is 13.8. The van der Waals surface area contributed by atoms with Crippen LogP contribution in [0.25, 0.3) is 17.1 Å². The first kappa shape index (κ1) is 33.3. The van der Waals surface area contributed by atoms with E-state index in [1.165, 1.54) is 12.1 Å². The summed E-state index contributed by atoms with van der Waals surface area (Å²) in [5.41, 5.74) is -2.27. The van der Waals surface area contributed by atoms with Crippen molar-refractivity contribution in [2.24, 2.45) is 0 Å². The van der Waals surface area contributed by atoms with Crippen LogP contribution in [0, 0.1) is 0 Å². The maximum Gasteiger partial charge on any atom is 0.434 e. The number of aromatic carboxylic acids is 1. The first-order valence-electron chi connectivity index (χ1n) is 14.5. The molecule has 9 nitrogen and oxygen atoms in total. The number of carbonyl (C=O) groups excluding carboxylic acids is 1. The molecule has 47 heavy (non-hydrogen) atoms. The molecule has 2 aromatic carbocycles. The minimum atomic E-state index is -5.12. The number of ether oxygens (including phenoxy) is 2. The number of benzene rings is 2. The zero-order valence-electron chi connectivity index (χ0n) is 24.8. The predicted molar refractivity (Wildman–Crippen MR) is 155 cm³/mol. The van der Waals surface area contributed by atoms with Crippen LogP contribution < -0.4 is 4.74 Å². The van der Waals surface area contributed by atoms with Crippen LogP contribution in [0.3, 0.4) is 0 Å². The molecule has 3 heterocycles. The van der Waals surface area contributed by atoms with Gasteiger partial charge in [-0.1, -0.05) is 30.3 Å². The van der Waals surface area contributed by atoms with E-state index < -0.39 is 41.0 Å². The molecule has 0 atom stereocenters. The van der Waals surface area contributed by atoms with Gasteiger partial charge in [0.05, 0.1) is 24.1 Å². The van der Waals surface area contributed by atoms with Gasteiger partial charge in [0.1, 0.15) is 17.9 Å². The predicted octanol–water partition coefficient (Wildman–Crippen LogP) is 7.59. The number of alkyl halides is 6. The van der Waals surface area contributed by atoms with Gasteiger partial charge in [-0.05, 0) is 67.1 Å². The number of carbonyl (C=O) groups is 2. The third-order valence-corrected chi connectivity index (χ3v) is 7.67. The van der Waals surface area contributed by atoms with Crippen LogP contribution in [0.4, 0.5) is 31.1 Å². The Labute approximate surface area is 264 Å². The molecule has 1 N–H and O–H groups in total. The molecule has 0 spiro atoms. The van der Waals surface area contributed by atoms with E-state index in [-0.39, 0.29) is 40.3 Å². The third kappa shape index (κ3) is 7.50. The van der Waals surface area contributed by atoms with Crippen molar-refractivity contribution in [3.8, 4) is 22.8 Å². The van der Waals surface area contributed by atoms with Gasteiger partial charge in [-0.25, -0.2) is 19.3 Å². The quantitative estimate of drug-likeness (QED) is 0.194. The maximum atomic E-state index is 13.8. The third-order valence-electron chi connectivity index (χ3n) is 7.67. The van der Waals surface area contributed by atoms with Crippen LogP contribution in [0.5, 0.6) is 5.75 Å². The number of pyridine rings is 1. The van der Waals surface area contributed by atoms with Crippen LogP contribution in [-0.2, 0) is 23.7 Å². The first-order valence-corrected chi connectivity index (χ1v) is 14.5. The van der Waals surface area contributed by atoms with E-state index in [4.69, 9.17) is 9.47 Å². The number of likely N-dealkylation sites (tertiary alicyclic amines) is 1. The summed E-state index contributed by atoms with van der Waals surface area (Å²) in [7, 11) is 0. The molecule has 1 aliphatic heterocycles. The van der Waals surface area contributed by atoms with Gasteiger partial charge in [-0.2, -0.15) is 31.4 Å². The molecule has 248 valence electrons. The second-order valence-corrected chi connectivity index (χ2v) is 10.7. The van der Waals surface area contributed by atoms with Crippen molar-refractivity contribution in [1.82, 2.24) is 19.7 Å². The molecule has 1 aliphatic rings. The lowest BCUT2D eigenvalue weighted by molar-refractivity contribution is -0.143. The van der Waals surface area contributed by atoms with Crippen LogP contribution in [0.1, 0.15) is 58.4 Å². The fourth-order valence-electron chi connectivity index (χ4n) is 5.33. The van der Waals surface area contributed by atoms with Crippen molar-refractivity contribution in [3.63, 3.8) is 0 Å². The van der Waals surface area contributed by atoms with Crippen molar-refractivity contribution in [2.45, 2.75) is 44.6 Å². The molecular formula is C32H28F6N4O5. The Bertz CT molecular complexity index is 1750. The molecule has 0 radical (unpaired) electrons. The molecular weight excluding hydrogens is 634 g/mol. The second kappa shape index (κ2) is 13.3. The van der Waals surface area contributed by atoms with Gasteiger partial charge in [0.2, 0.25) is 0 Å². The highest BCUT2D eigenvalue weighted by atomic mass is 19.4. The number of aromatic nitrogens is 3. The minimum Gasteiger partial charge on any atom is -0.488 e. The zero-order valence-corrected chi connectivity index (χ0v) is 24.8. The Hall–Kier alpha value is -5.08. The fraction of sp³-hybridized carbons (Fsp3) is 0.312. The van der Waals surface area contributed by atoms with E-state index in [1.54, 1.807) is 11.8 Å². The Kier molecular flexibility index (Phi) is 9.45. The van der Waals surface area contributed by atoms with Gasteiger partial charge >= 0.3 is 24.4 Å². The SMILES string of the molecule is CCOC(=O)N1CCC(c2ccc(COc3ccc(C(F)(F)F)cc3-c3cccc(-n4ncc(C(=O)O)c4C(F)(F)F)n3)cc2)CC1. The van der Waals surface area contributed by atoms with Crippen molar-refractivity contribution in [2.75, 3.05) is 19.7 Å². The Morgan fingerprint density at radius 1 is 0.957 bits per heavy atom. The Balaban J connectivity index is 1.38. The normalized spacial score (nSPS) is 14.2. The number of nitrogens with zero attached hydrogens (tertiary/aromatic N) is 4. The van der Waals surface area contributed by atoms with Gasteiger partial charge in [-0.3, -0.25) is 0 Å². The second-order valence-electron chi connectivity index (χ2n) is 10.7. The molecule has 2 aromatic heterocycles. The van der Waals surface area contributed by atoms with E-state index in [1.807, 2.05) is 24.3 Å². The lowest BCUT2D eigenvalue weighted by Gasteiger charge is -2.31. The van der Waals surface area contributed by atoms with Crippen LogP contribution in [0.2, 0.25) is 0 Å². The van der Waals surface area contributed by atoms with E-state index in [2.05, 4.69) is 10.1 Å². The summed E-state index contributed by atoms with van der Waals surface area (Å²) in [6.07, 6.45) is -8.15. The molecule has 1 amide bonds.